The Labute approximate surface area is 158 Å². The molecule has 144 valence electrons. The SMILES string of the molecule is O=S(=O)(c1ccc2c(c1)OCCO2)N1CCN(Cc2ccc(F)cc2)CC1. The van der Waals surface area contributed by atoms with E-state index < -0.39 is 10.0 Å². The maximum absolute atomic E-state index is 13.0. The number of nitrogens with zero attached hydrogens (tertiary/aromatic N) is 2. The van der Waals surface area contributed by atoms with Crippen molar-refractivity contribution >= 4 is 10.0 Å². The highest BCUT2D eigenvalue weighted by Gasteiger charge is 2.29. The van der Waals surface area contributed by atoms with E-state index in [-0.39, 0.29) is 10.7 Å². The Balaban J connectivity index is 1.41. The molecule has 2 aliphatic rings. The van der Waals surface area contributed by atoms with Gasteiger partial charge in [-0.15, -0.1) is 0 Å². The molecule has 2 heterocycles. The van der Waals surface area contributed by atoms with E-state index in [0.29, 0.717) is 57.4 Å². The summed E-state index contributed by atoms with van der Waals surface area (Å²) in [6.07, 6.45) is 0. The third-order valence-electron chi connectivity index (χ3n) is 4.80. The average Bonchev–Trinajstić information content (AvgIpc) is 2.70. The van der Waals surface area contributed by atoms with Crippen LogP contribution in [0.2, 0.25) is 0 Å². The Kier molecular flexibility index (Phi) is 5.03. The minimum absolute atomic E-state index is 0.221. The third kappa shape index (κ3) is 3.92. The standard InChI is InChI=1S/C19H21FN2O4S/c20-16-3-1-15(2-4-16)14-21-7-9-22(10-8-21)27(23,24)17-5-6-18-19(13-17)26-12-11-25-18/h1-6,13H,7-12,14H2. The summed E-state index contributed by atoms with van der Waals surface area (Å²) in [6, 6.07) is 11.1. The van der Waals surface area contributed by atoms with Crippen molar-refractivity contribution in [3.05, 3.63) is 53.8 Å². The first kappa shape index (κ1) is 18.2. The van der Waals surface area contributed by atoms with Crippen LogP contribution >= 0.6 is 0 Å². The molecule has 0 unspecified atom stereocenters. The van der Waals surface area contributed by atoms with E-state index in [1.54, 1.807) is 24.3 Å². The number of hydrogen-bond donors (Lipinski definition) is 0. The Morgan fingerprint density at radius 1 is 0.889 bits per heavy atom. The monoisotopic (exact) mass is 392 g/mol. The van der Waals surface area contributed by atoms with Crippen molar-refractivity contribution in [3.63, 3.8) is 0 Å². The van der Waals surface area contributed by atoms with Gasteiger partial charge in [-0.25, -0.2) is 12.8 Å². The number of hydrogen-bond acceptors (Lipinski definition) is 5. The predicted octanol–water partition coefficient (Wildman–Crippen LogP) is 2.10. The van der Waals surface area contributed by atoms with Crippen molar-refractivity contribution in [2.45, 2.75) is 11.4 Å². The first-order valence-electron chi connectivity index (χ1n) is 8.89. The Morgan fingerprint density at radius 3 is 2.26 bits per heavy atom. The number of benzene rings is 2. The normalized spacial score (nSPS) is 18.4. The Bertz CT molecular complexity index is 910. The number of piperazine rings is 1. The van der Waals surface area contributed by atoms with Gasteiger partial charge in [0.1, 0.15) is 19.0 Å². The quantitative estimate of drug-likeness (QED) is 0.798. The van der Waals surface area contributed by atoms with E-state index in [0.717, 1.165) is 5.56 Å². The van der Waals surface area contributed by atoms with Gasteiger partial charge in [0, 0.05) is 38.8 Å². The molecule has 0 N–H and O–H groups in total. The number of sulfonamides is 1. The van der Waals surface area contributed by atoms with Crippen LogP contribution in [0.4, 0.5) is 4.39 Å². The van der Waals surface area contributed by atoms with Gasteiger partial charge in [-0.2, -0.15) is 4.31 Å². The van der Waals surface area contributed by atoms with Crippen LogP contribution in [0.15, 0.2) is 47.4 Å². The minimum Gasteiger partial charge on any atom is -0.486 e. The zero-order chi connectivity index (χ0) is 18.9. The van der Waals surface area contributed by atoms with Crippen molar-refractivity contribution in [2.75, 3.05) is 39.4 Å². The number of fused-ring (bicyclic) bond motifs is 1. The summed E-state index contributed by atoms with van der Waals surface area (Å²) in [5.41, 5.74) is 1.01. The summed E-state index contributed by atoms with van der Waals surface area (Å²) in [4.78, 5) is 2.39. The molecule has 6 nitrogen and oxygen atoms in total. The van der Waals surface area contributed by atoms with Crippen LogP contribution in [0.5, 0.6) is 11.5 Å². The molecule has 0 atom stereocenters. The van der Waals surface area contributed by atoms with Crippen LogP contribution in [0, 0.1) is 5.82 Å². The van der Waals surface area contributed by atoms with Crippen molar-refractivity contribution < 1.29 is 22.3 Å². The molecule has 0 amide bonds. The number of rotatable bonds is 4. The largest absolute Gasteiger partial charge is 0.486 e. The second kappa shape index (κ2) is 7.46. The Hall–Kier alpha value is -2.16. The van der Waals surface area contributed by atoms with Crippen LogP contribution in [-0.2, 0) is 16.6 Å². The lowest BCUT2D eigenvalue weighted by Gasteiger charge is -2.34. The van der Waals surface area contributed by atoms with Crippen molar-refractivity contribution in [1.82, 2.24) is 9.21 Å². The lowest BCUT2D eigenvalue weighted by atomic mass is 10.2. The molecule has 8 heteroatoms. The minimum atomic E-state index is -3.58. The summed E-state index contributed by atoms with van der Waals surface area (Å²) in [5, 5.41) is 0. The molecular formula is C19H21FN2O4S. The fourth-order valence-corrected chi connectivity index (χ4v) is 4.75. The molecule has 0 bridgehead atoms. The Morgan fingerprint density at radius 2 is 1.56 bits per heavy atom. The molecule has 2 aliphatic heterocycles. The van der Waals surface area contributed by atoms with Crippen LogP contribution < -0.4 is 9.47 Å². The second-order valence-electron chi connectivity index (χ2n) is 6.61. The van der Waals surface area contributed by atoms with Gasteiger partial charge in [-0.1, -0.05) is 12.1 Å². The molecule has 1 fully saturated rings. The molecule has 2 aromatic rings. The highest BCUT2D eigenvalue weighted by Crippen LogP contribution is 2.33. The molecule has 0 radical (unpaired) electrons. The average molecular weight is 392 g/mol. The van der Waals surface area contributed by atoms with Gasteiger partial charge in [0.05, 0.1) is 4.90 Å². The number of ether oxygens (including phenoxy) is 2. The topological polar surface area (TPSA) is 59.1 Å². The number of halogens is 1. The molecule has 2 aromatic carbocycles. The van der Waals surface area contributed by atoms with Crippen LogP contribution in [-0.4, -0.2) is 57.0 Å². The van der Waals surface area contributed by atoms with Gasteiger partial charge in [-0.05, 0) is 29.8 Å². The van der Waals surface area contributed by atoms with E-state index in [1.165, 1.54) is 22.5 Å². The summed E-state index contributed by atoms with van der Waals surface area (Å²) in [7, 11) is -3.58. The smallest absolute Gasteiger partial charge is 0.243 e. The van der Waals surface area contributed by atoms with Gasteiger partial charge >= 0.3 is 0 Å². The molecule has 0 aliphatic carbocycles. The van der Waals surface area contributed by atoms with E-state index in [4.69, 9.17) is 9.47 Å². The highest BCUT2D eigenvalue weighted by molar-refractivity contribution is 7.89. The lowest BCUT2D eigenvalue weighted by Crippen LogP contribution is -2.48. The molecule has 0 spiro atoms. The van der Waals surface area contributed by atoms with E-state index >= 15 is 0 Å². The molecule has 4 rings (SSSR count). The zero-order valence-corrected chi connectivity index (χ0v) is 15.6. The maximum atomic E-state index is 13.0. The van der Waals surface area contributed by atoms with E-state index in [1.807, 2.05) is 0 Å². The first-order valence-corrected chi connectivity index (χ1v) is 10.3. The fourth-order valence-electron chi connectivity index (χ4n) is 3.31. The van der Waals surface area contributed by atoms with Crippen LogP contribution in [0.25, 0.3) is 0 Å². The van der Waals surface area contributed by atoms with Crippen molar-refractivity contribution in [1.29, 1.82) is 0 Å². The molecule has 0 saturated carbocycles. The van der Waals surface area contributed by atoms with Gasteiger partial charge in [0.2, 0.25) is 10.0 Å². The van der Waals surface area contributed by atoms with Gasteiger partial charge < -0.3 is 9.47 Å². The summed E-state index contributed by atoms with van der Waals surface area (Å²) in [5.74, 6) is 0.788. The second-order valence-corrected chi connectivity index (χ2v) is 8.55. The first-order chi connectivity index (χ1) is 13.0. The predicted molar refractivity (Wildman–Crippen MR) is 97.9 cm³/mol. The maximum Gasteiger partial charge on any atom is 0.243 e. The van der Waals surface area contributed by atoms with Crippen molar-refractivity contribution in [3.8, 4) is 11.5 Å². The summed E-state index contributed by atoms with van der Waals surface area (Å²) in [6.45, 7) is 3.64. The molecule has 0 aromatic heterocycles. The van der Waals surface area contributed by atoms with Crippen LogP contribution in [0.3, 0.4) is 0 Å². The van der Waals surface area contributed by atoms with E-state index in [9.17, 15) is 12.8 Å². The van der Waals surface area contributed by atoms with Gasteiger partial charge in [0.25, 0.3) is 0 Å². The molecular weight excluding hydrogens is 371 g/mol. The third-order valence-corrected chi connectivity index (χ3v) is 6.70. The summed E-state index contributed by atoms with van der Waals surface area (Å²) >= 11 is 0. The lowest BCUT2D eigenvalue weighted by molar-refractivity contribution is 0.170. The molecule has 27 heavy (non-hydrogen) atoms. The van der Waals surface area contributed by atoms with Gasteiger partial charge in [-0.3, -0.25) is 4.90 Å². The summed E-state index contributed by atoms with van der Waals surface area (Å²) < 4.78 is 51.3. The van der Waals surface area contributed by atoms with Crippen LogP contribution in [0.1, 0.15) is 5.56 Å². The zero-order valence-electron chi connectivity index (χ0n) is 14.8. The fraction of sp³-hybridized carbons (Fsp3) is 0.368. The van der Waals surface area contributed by atoms with Crippen molar-refractivity contribution in [2.24, 2.45) is 0 Å². The highest BCUT2D eigenvalue weighted by atomic mass is 32.2. The van der Waals surface area contributed by atoms with E-state index in [2.05, 4.69) is 4.90 Å². The van der Waals surface area contributed by atoms with Gasteiger partial charge in [0.15, 0.2) is 11.5 Å². The molecule has 1 saturated heterocycles.